The molecule has 5 rings (SSSR count). The Morgan fingerprint density at radius 1 is 1.14 bits per heavy atom. The lowest BCUT2D eigenvalue weighted by atomic mass is 10.1. The van der Waals surface area contributed by atoms with Crippen molar-refractivity contribution in [2.45, 2.75) is 38.8 Å². The summed E-state index contributed by atoms with van der Waals surface area (Å²) in [4.78, 5) is 8.19. The molecule has 0 bridgehead atoms. The Morgan fingerprint density at radius 2 is 1.91 bits per heavy atom. The van der Waals surface area contributed by atoms with E-state index in [1.165, 1.54) is 0 Å². The predicted octanol–water partition coefficient (Wildman–Crippen LogP) is 4.75. The van der Waals surface area contributed by atoms with E-state index in [1.54, 1.807) is 44.6 Å². The van der Waals surface area contributed by atoms with E-state index in [0.29, 0.717) is 22.9 Å². The molecule has 0 atom stereocenters. The maximum absolute atomic E-state index is 12.2. The zero-order valence-electron chi connectivity index (χ0n) is 19.3. The van der Waals surface area contributed by atoms with Crippen LogP contribution >= 0.6 is 0 Å². The van der Waals surface area contributed by atoms with Gasteiger partial charge < -0.3 is 9.30 Å². The van der Waals surface area contributed by atoms with Crippen molar-refractivity contribution in [2.24, 2.45) is 0 Å². The average molecular weight is 489 g/mol. The van der Waals surface area contributed by atoms with Crippen molar-refractivity contribution in [1.29, 1.82) is 5.26 Å². The molecule has 0 unspecified atom stereocenters. The van der Waals surface area contributed by atoms with Crippen LogP contribution in [0.3, 0.4) is 0 Å². The highest BCUT2D eigenvalue weighted by Gasteiger charge is 2.31. The molecule has 0 radical (unpaired) electrons. The number of anilines is 1. The van der Waals surface area contributed by atoms with Crippen molar-refractivity contribution in [1.82, 2.24) is 19.3 Å². The van der Waals surface area contributed by atoms with E-state index in [2.05, 4.69) is 30.0 Å². The van der Waals surface area contributed by atoms with Gasteiger partial charge in [0.15, 0.2) is 0 Å². The van der Waals surface area contributed by atoms with Crippen LogP contribution in [0.1, 0.15) is 38.3 Å². The van der Waals surface area contributed by atoms with Crippen LogP contribution in [-0.2, 0) is 10.2 Å². The topological polar surface area (TPSA) is 122 Å². The molecule has 4 aromatic rings. The molecule has 178 valence electrons. The highest BCUT2D eigenvalue weighted by atomic mass is 32.2. The number of nitriles is 1. The first-order valence-corrected chi connectivity index (χ1v) is 12.8. The number of benzene rings is 2. The van der Waals surface area contributed by atoms with Crippen molar-refractivity contribution < 1.29 is 13.2 Å². The van der Waals surface area contributed by atoms with Crippen molar-refractivity contribution in [3.05, 3.63) is 66.6 Å². The van der Waals surface area contributed by atoms with E-state index in [-0.39, 0.29) is 12.1 Å². The van der Waals surface area contributed by atoms with E-state index in [9.17, 15) is 13.7 Å². The van der Waals surface area contributed by atoms with E-state index in [1.807, 2.05) is 30.3 Å². The van der Waals surface area contributed by atoms with Crippen molar-refractivity contribution in [3.63, 3.8) is 0 Å². The van der Waals surface area contributed by atoms with Gasteiger partial charge in [0, 0.05) is 41.6 Å². The molecular formula is C25H24N6O3S. The van der Waals surface area contributed by atoms with Gasteiger partial charge in [0.05, 0.1) is 23.0 Å². The second-order valence-electron chi connectivity index (χ2n) is 8.72. The van der Waals surface area contributed by atoms with Gasteiger partial charge in [-0.05, 0) is 56.5 Å². The SMILES string of the molecule is CC(C)NS(=O)(=O)Nc1ccc(-c2c(C#N)c3ccc(Oc4cnccn4)cc3n2C2CC2)cc1. The third kappa shape index (κ3) is 4.82. The molecule has 0 amide bonds. The summed E-state index contributed by atoms with van der Waals surface area (Å²) in [7, 11) is -3.67. The highest BCUT2D eigenvalue weighted by Crippen LogP contribution is 2.45. The van der Waals surface area contributed by atoms with Crippen LogP contribution in [0.4, 0.5) is 5.69 Å². The fourth-order valence-electron chi connectivity index (χ4n) is 4.11. The maximum atomic E-state index is 12.2. The van der Waals surface area contributed by atoms with Crippen molar-refractivity contribution >= 4 is 26.8 Å². The van der Waals surface area contributed by atoms with E-state index in [0.717, 1.165) is 35.0 Å². The standard InChI is InChI=1S/C25H24N6O3S/c1-16(2)29-35(32,33)30-18-5-3-17(4-6-18)25-22(14-26)21-10-9-20(34-24-15-27-11-12-28-24)13-23(21)31(25)19-7-8-19/h3-6,9-13,15-16,19,29-30H,7-8H2,1-2H3. The Morgan fingerprint density at radius 3 is 2.54 bits per heavy atom. The third-order valence-electron chi connectivity index (χ3n) is 5.56. The van der Waals surface area contributed by atoms with Gasteiger partial charge in [-0.25, -0.2) is 4.98 Å². The Labute approximate surface area is 203 Å². The molecule has 1 aliphatic rings. The van der Waals surface area contributed by atoms with Gasteiger partial charge in [-0.3, -0.25) is 9.71 Å². The molecule has 0 aliphatic heterocycles. The molecule has 10 heteroatoms. The molecular weight excluding hydrogens is 464 g/mol. The van der Waals surface area contributed by atoms with Crippen LogP contribution < -0.4 is 14.2 Å². The first-order valence-electron chi connectivity index (χ1n) is 11.3. The Bertz CT molecular complexity index is 1520. The number of ether oxygens (including phenoxy) is 1. The maximum Gasteiger partial charge on any atom is 0.299 e. The quantitative estimate of drug-likeness (QED) is 0.369. The summed E-state index contributed by atoms with van der Waals surface area (Å²) in [5, 5.41) is 10.9. The van der Waals surface area contributed by atoms with Gasteiger partial charge in [-0.2, -0.15) is 18.4 Å². The Kier molecular flexibility index (Phi) is 5.88. The Balaban J connectivity index is 1.54. The lowest BCUT2D eigenvalue weighted by molar-refractivity contribution is 0.460. The van der Waals surface area contributed by atoms with E-state index >= 15 is 0 Å². The highest BCUT2D eigenvalue weighted by molar-refractivity contribution is 7.90. The summed E-state index contributed by atoms with van der Waals surface area (Å²) in [5.74, 6) is 0.998. The molecule has 2 aromatic heterocycles. The molecule has 0 saturated heterocycles. The molecule has 2 heterocycles. The number of rotatable bonds is 8. The molecule has 1 aliphatic carbocycles. The smallest absolute Gasteiger partial charge is 0.299 e. The largest absolute Gasteiger partial charge is 0.437 e. The third-order valence-corrected chi connectivity index (χ3v) is 6.85. The summed E-state index contributed by atoms with van der Waals surface area (Å²) in [6, 6.07) is 15.1. The molecule has 2 aromatic carbocycles. The first-order chi connectivity index (χ1) is 16.8. The summed E-state index contributed by atoms with van der Waals surface area (Å²) in [5.41, 5.74) is 3.57. The number of nitrogens with zero attached hydrogens (tertiary/aromatic N) is 4. The minimum absolute atomic E-state index is 0.220. The van der Waals surface area contributed by atoms with Crippen LogP contribution in [0.15, 0.2) is 61.1 Å². The van der Waals surface area contributed by atoms with Crippen molar-refractivity contribution in [3.8, 4) is 29.0 Å². The molecule has 1 saturated carbocycles. The van der Waals surface area contributed by atoms with Crippen LogP contribution in [0, 0.1) is 11.3 Å². The van der Waals surface area contributed by atoms with E-state index < -0.39 is 10.2 Å². The van der Waals surface area contributed by atoms with Crippen molar-refractivity contribution in [2.75, 3.05) is 4.72 Å². The van der Waals surface area contributed by atoms with Crippen LogP contribution in [0.2, 0.25) is 0 Å². The monoisotopic (exact) mass is 488 g/mol. The van der Waals surface area contributed by atoms with Gasteiger partial charge in [0.2, 0.25) is 5.88 Å². The summed E-state index contributed by atoms with van der Waals surface area (Å²) in [6.07, 6.45) is 6.74. The fraction of sp³-hybridized carbons (Fsp3) is 0.240. The Hall–Kier alpha value is -3.94. The van der Waals surface area contributed by atoms with Crippen LogP contribution in [-0.4, -0.2) is 29.0 Å². The molecule has 9 nitrogen and oxygen atoms in total. The number of nitrogens with one attached hydrogen (secondary N) is 2. The minimum Gasteiger partial charge on any atom is -0.437 e. The molecule has 0 spiro atoms. The number of hydrogen-bond acceptors (Lipinski definition) is 6. The summed E-state index contributed by atoms with van der Waals surface area (Å²) >= 11 is 0. The normalized spacial score (nSPS) is 13.7. The fourth-order valence-corrected chi connectivity index (χ4v) is 5.24. The first kappa shape index (κ1) is 22.8. The zero-order valence-corrected chi connectivity index (χ0v) is 20.1. The van der Waals surface area contributed by atoms with Crippen LogP contribution in [0.5, 0.6) is 11.6 Å². The van der Waals surface area contributed by atoms with Crippen LogP contribution in [0.25, 0.3) is 22.2 Å². The summed E-state index contributed by atoms with van der Waals surface area (Å²) in [6.45, 7) is 3.51. The molecule has 2 N–H and O–H groups in total. The van der Waals surface area contributed by atoms with Gasteiger partial charge in [0.1, 0.15) is 11.8 Å². The van der Waals surface area contributed by atoms with Gasteiger partial charge in [-0.15, -0.1) is 0 Å². The van der Waals surface area contributed by atoms with E-state index in [4.69, 9.17) is 4.74 Å². The molecule has 35 heavy (non-hydrogen) atoms. The second-order valence-corrected chi connectivity index (χ2v) is 10.2. The number of hydrogen-bond donors (Lipinski definition) is 2. The van der Waals surface area contributed by atoms with Gasteiger partial charge in [0.25, 0.3) is 10.2 Å². The average Bonchev–Trinajstić information content (AvgIpc) is 3.60. The number of aromatic nitrogens is 3. The number of fused-ring (bicyclic) bond motifs is 1. The van der Waals surface area contributed by atoms with Gasteiger partial charge >= 0.3 is 0 Å². The van der Waals surface area contributed by atoms with Gasteiger partial charge in [-0.1, -0.05) is 12.1 Å². The predicted molar refractivity (Wildman–Crippen MR) is 133 cm³/mol. The molecule has 1 fully saturated rings. The summed E-state index contributed by atoms with van der Waals surface area (Å²) < 4.78 is 37.5. The lowest BCUT2D eigenvalue weighted by Crippen LogP contribution is -2.35. The minimum atomic E-state index is -3.67. The zero-order chi connectivity index (χ0) is 24.6. The lowest BCUT2D eigenvalue weighted by Gasteiger charge is -2.13. The second kappa shape index (κ2) is 9.02.